The zero-order valence-corrected chi connectivity index (χ0v) is 18.5. The predicted molar refractivity (Wildman–Crippen MR) is 125 cm³/mol. The van der Waals surface area contributed by atoms with E-state index in [0.717, 1.165) is 18.7 Å². The molecule has 1 aliphatic heterocycles. The van der Waals surface area contributed by atoms with Crippen LogP contribution in [-0.2, 0) is 9.59 Å². The number of rotatable bonds is 7. The fourth-order valence-corrected chi connectivity index (χ4v) is 3.41. The lowest BCUT2D eigenvalue weighted by atomic mass is 10.0. The summed E-state index contributed by atoms with van der Waals surface area (Å²) in [5.41, 5.74) is 8.19. The third-order valence-corrected chi connectivity index (χ3v) is 5.05. The molecule has 2 aromatic rings. The van der Waals surface area contributed by atoms with Crippen molar-refractivity contribution in [1.29, 1.82) is 0 Å². The Hall–Kier alpha value is -2.28. The van der Waals surface area contributed by atoms with Gasteiger partial charge in [-0.1, -0.05) is 48.5 Å². The van der Waals surface area contributed by atoms with Gasteiger partial charge in [-0.15, -0.1) is 24.8 Å². The van der Waals surface area contributed by atoms with E-state index in [0.29, 0.717) is 26.1 Å². The maximum absolute atomic E-state index is 12.4. The van der Waals surface area contributed by atoms with Gasteiger partial charge >= 0.3 is 0 Å². The third-order valence-electron chi connectivity index (χ3n) is 5.05. The number of piperazine rings is 1. The fourth-order valence-electron chi connectivity index (χ4n) is 3.41. The lowest BCUT2D eigenvalue weighted by Gasteiger charge is -2.36. The Morgan fingerprint density at radius 2 is 1.47 bits per heavy atom. The van der Waals surface area contributed by atoms with Crippen LogP contribution in [0.4, 0.5) is 5.69 Å². The Morgan fingerprint density at radius 1 is 0.900 bits per heavy atom. The van der Waals surface area contributed by atoms with Gasteiger partial charge in [0.1, 0.15) is 0 Å². The number of anilines is 1. The number of hydrogen-bond acceptors (Lipinski definition) is 4. The second kappa shape index (κ2) is 13.1. The molecular weight excluding hydrogens is 423 g/mol. The van der Waals surface area contributed by atoms with Crippen LogP contribution < -0.4 is 16.0 Å². The number of amides is 2. The van der Waals surface area contributed by atoms with Gasteiger partial charge in [0, 0.05) is 57.3 Å². The summed E-state index contributed by atoms with van der Waals surface area (Å²) < 4.78 is 0. The molecule has 0 bridgehead atoms. The largest absolute Gasteiger partial charge is 0.368 e. The Morgan fingerprint density at radius 3 is 2.07 bits per heavy atom. The normalized spacial score (nSPS) is 14.2. The summed E-state index contributed by atoms with van der Waals surface area (Å²) in [6, 6.07) is 19.5. The van der Waals surface area contributed by atoms with Crippen LogP contribution in [0, 0.1) is 0 Å². The van der Waals surface area contributed by atoms with E-state index in [1.165, 1.54) is 5.69 Å². The molecule has 2 aromatic carbocycles. The van der Waals surface area contributed by atoms with Gasteiger partial charge in [-0.2, -0.15) is 0 Å². The number of nitrogens with one attached hydrogen (secondary N) is 1. The second-order valence-corrected chi connectivity index (χ2v) is 7.02. The average molecular weight is 453 g/mol. The Labute approximate surface area is 190 Å². The molecule has 8 heteroatoms. The zero-order valence-electron chi connectivity index (χ0n) is 16.9. The van der Waals surface area contributed by atoms with E-state index >= 15 is 0 Å². The number of hydrogen-bond donors (Lipinski definition) is 2. The molecule has 0 aromatic heterocycles. The Kier molecular flexibility index (Phi) is 11.3. The summed E-state index contributed by atoms with van der Waals surface area (Å²) in [4.78, 5) is 28.6. The maximum Gasteiger partial charge on any atom is 0.224 e. The molecule has 3 rings (SSSR count). The smallest absolute Gasteiger partial charge is 0.224 e. The highest BCUT2D eigenvalue weighted by Gasteiger charge is 2.21. The van der Waals surface area contributed by atoms with Crippen LogP contribution in [0.15, 0.2) is 60.7 Å². The molecule has 30 heavy (non-hydrogen) atoms. The van der Waals surface area contributed by atoms with Crippen molar-refractivity contribution in [3.8, 4) is 0 Å². The summed E-state index contributed by atoms with van der Waals surface area (Å²) in [7, 11) is 0. The van der Waals surface area contributed by atoms with Crippen LogP contribution in [0.5, 0.6) is 0 Å². The molecule has 1 saturated heterocycles. The number of para-hydroxylation sites is 1. The van der Waals surface area contributed by atoms with Crippen LogP contribution in [0.25, 0.3) is 0 Å². The van der Waals surface area contributed by atoms with Crippen LogP contribution in [0.1, 0.15) is 24.4 Å². The van der Waals surface area contributed by atoms with Gasteiger partial charge in [0.2, 0.25) is 11.8 Å². The first kappa shape index (κ1) is 25.8. The zero-order chi connectivity index (χ0) is 19.8. The molecule has 0 spiro atoms. The van der Waals surface area contributed by atoms with E-state index in [-0.39, 0.29) is 49.1 Å². The summed E-state index contributed by atoms with van der Waals surface area (Å²) in [5, 5.41) is 2.81. The van der Waals surface area contributed by atoms with Crippen molar-refractivity contribution in [2.45, 2.75) is 18.9 Å². The first-order valence-corrected chi connectivity index (χ1v) is 9.78. The highest BCUT2D eigenvalue weighted by Crippen LogP contribution is 2.16. The average Bonchev–Trinajstić information content (AvgIpc) is 2.75. The second-order valence-electron chi connectivity index (χ2n) is 7.02. The minimum atomic E-state index is -0.331. The van der Waals surface area contributed by atoms with E-state index in [9.17, 15) is 9.59 Å². The van der Waals surface area contributed by atoms with E-state index in [2.05, 4.69) is 22.3 Å². The number of nitrogens with two attached hydrogens (primary N) is 1. The summed E-state index contributed by atoms with van der Waals surface area (Å²) >= 11 is 0. The minimum absolute atomic E-state index is 0. The van der Waals surface area contributed by atoms with Gasteiger partial charge in [-0.3, -0.25) is 9.59 Å². The van der Waals surface area contributed by atoms with Gasteiger partial charge in [0.05, 0.1) is 0 Å². The molecular formula is C22H30Cl2N4O2. The minimum Gasteiger partial charge on any atom is -0.368 e. The van der Waals surface area contributed by atoms with Crippen molar-refractivity contribution >= 4 is 42.3 Å². The summed E-state index contributed by atoms with van der Waals surface area (Å²) in [6.45, 7) is 3.42. The van der Waals surface area contributed by atoms with E-state index in [1.807, 2.05) is 53.4 Å². The van der Waals surface area contributed by atoms with Crippen LogP contribution in [0.2, 0.25) is 0 Å². The van der Waals surface area contributed by atoms with Crippen molar-refractivity contribution in [2.75, 3.05) is 37.6 Å². The molecule has 1 atom stereocenters. The highest BCUT2D eigenvalue weighted by molar-refractivity contribution is 5.85. The van der Waals surface area contributed by atoms with Gasteiger partial charge in [-0.25, -0.2) is 0 Å². The third kappa shape index (κ3) is 7.52. The van der Waals surface area contributed by atoms with Crippen LogP contribution in [0.3, 0.4) is 0 Å². The number of carbonyl (C=O) groups is 2. The van der Waals surface area contributed by atoms with E-state index < -0.39 is 0 Å². The molecule has 1 aliphatic rings. The molecule has 3 N–H and O–H groups in total. The number of nitrogens with zero attached hydrogens (tertiary/aromatic N) is 2. The van der Waals surface area contributed by atoms with Crippen molar-refractivity contribution in [3.05, 3.63) is 66.2 Å². The lowest BCUT2D eigenvalue weighted by Crippen LogP contribution is -2.49. The molecule has 0 radical (unpaired) electrons. The predicted octanol–water partition coefficient (Wildman–Crippen LogP) is 2.78. The SMILES string of the molecule is Cl.Cl.NC(CC(=O)NCCC(=O)N1CCN(c2ccccc2)CC1)c1ccccc1. The first-order chi connectivity index (χ1) is 13.6. The fraction of sp³-hybridized carbons (Fsp3) is 0.364. The van der Waals surface area contributed by atoms with Crippen LogP contribution >= 0.6 is 24.8 Å². The number of halogens is 2. The van der Waals surface area contributed by atoms with Gasteiger partial charge < -0.3 is 20.9 Å². The highest BCUT2D eigenvalue weighted by atomic mass is 35.5. The molecule has 6 nitrogen and oxygen atoms in total. The molecule has 0 aliphatic carbocycles. The topological polar surface area (TPSA) is 78.7 Å². The Balaban J connectivity index is 0.00000225. The molecule has 1 unspecified atom stereocenters. The van der Waals surface area contributed by atoms with Gasteiger partial charge in [0.15, 0.2) is 0 Å². The van der Waals surface area contributed by atoms with Gasteiger partial charge in [0.25, 0.3) is 0 Å². The van der Waals surface area contributed by atoms with Crippen molar-refractivity contribution < 1.29 is 9.59 Å². The van der Waals surface area contributed by atoms with Gasteiger partial charge in [-0.05, 0) is 17.7 Å². The van der Waals surface area contributed by atoms with Crippen molar-refractivity contribution in [2.24, 2.45) is 5.73 Å². The molecule has 2 amide bonds. The summed E-state index contributed by atoms with van der Waals surface area (Å²) in [5.74, 6) is -0.0431. The monoisotopic (exact) mass is 452 g/mol. The maximum atomic E-state index is 12.4. The molecule has 1 fully saturated rings. The van der Waals surface area contributed by atoms with E-state index in [4.69, 9.17) is 5.73 Å². The van der Waals surface area contributed by atoms with E-state index in [1.54, 1.807) is 0 Å². The summed E-state index contributed by atoms with van der Waals surface area (Å²) in [6.07, 6.45) is 0.533. The molecule has 164 valence electrons. The standard InChI is InChI=1S/C22H28N4O2.2ClH/c23-20(18-7-3-1-4-8-18)17-21(27)24-12-11-22(28)26-15-13-25(14-16-26)19-9-5-2-6-10-19;;/h1-10,20H,11-17,23H2,(H,24,27);2*1H. The number of carbonyl (C=O) groups excluding carboxylic acids is 2. The molecule has 0 saturated carbocycles. The number of benzene rings is 2. The van der Waals surface area contributed by atoms with Crippen molar-refractivity contribution in [3.63, 3.8) is 0 Å². The quantitative estimate of drug-likeness (QED) is 0.676. The van der Waals surface area contributed by atoms with Crippen molar-refractivity contribution in [1.82, 2.24) is 10.2 Å². The Bertz CT molecular complexity index is 769. The van der Waals surface area contributed by atoms with Crippen LogP contribution in [-0.4, -0.2) is 49.4 Å². The lowest BCUT2D eigenvalue weighted by molar-refractivity contribution is -0.131. The first-order valence-electron chi connectivity index (χ1n) is 9.78. The molecule has 1 heterocycles.